The number of methoxy groups -OCH3 is 4. The number of nitrogens with zero attached hydrogens (tertiary/aromatic N) is 10. The van der Waals surface area contributed by atoms with Gasteiger partial charge in [-0.25, -0.2) is 0 Å². The molecule has 6 rings (SSSR count). The Kier molecular flexibility index (Phi) is 20.3. The summed E-state index contributed by atoms with van der Waals surface area (Å²) >= 11 is 0. The van der Waals surface area contributed by atoms with Gasteiger partial charge in [0.25, 0.3) is 20.2 Å². The van der Waals surface area contributed by atoms with Gasteiger partial charge in [0.1, 0.15) is 21.2 Å². The third-order valence-corrected chi connectivity index (χ3v) is 11.9. The summed E-state index contributed by atoms with van der Waals surface area (Å²) in [6, 6.07) is 14.1. The van der Waals surface area contributed by atoms with Crippen LogP contribution in [0.5, 0.6) is 5.75 Å². The number of phenols is 1. The zero-order valence-electron chi connectivity index (χ0n) is 40.7. The van der Waals surface area contributed by atoms with Crippen LogP contribution in [0.15, 0.2) is 90.9 Å². The topological polar surface area (TPSA) is 391 Å². The second-order valence-electron chi connectivity index (χ2n) is 15.7. The van der Waals surface area contributed by atoms with Crippen LogP contribution in [0.2, 0.25) is 0 Å². The van der Waals surface area contributed by atoms with Crippen LogP contribution in [0, 0.1) is 0 Å². The highest BCUT2D eigenvalue weighted by molar-refractivity contribution is 7.86. The molecular formula is C44H57N17O11S2. The van der Waals surface area contributed by atoms with Crippen molar-refractivity contribution < 1.29 is 50.0 Å². The van der Waals surface area contributed by atoms with Gasteiger partial charge in [-0.2, -0.15) is 57.0 Å². The van der Waals surface area contributed by atoms with Crippen molar-refractivity contribution in [1.82, 2.24) is 29.9 Å². The van der Waals surface area contributed by atoms with Crippen molar-refractivity contribution in [2.75, 3.05) is 119 Å². The molecule has 0 saturated carbocycles. The Balaban J connectivity index is 1.25. The molecule has 11 N–H and O–H groups in total. The Morgan fingerprint density at radius 3 is 1.16 bits per heavy atom. The molecule has 2 heterocycles. The minimum absolute atomic E-state index is 0.164. The highest BCUT2D eigenvalue weighted by Gasteiger charge is 2.28. The monoisotopic (exact) mass is 1060 g/mol. The third-order valence-electron chi connectivity index (χ3n) is 10.2. The highest BCUT2D eigenvalue weighted by atomic mass is 32.2. The van der Waals surface area contributed by atoms with Crippen LogP contribution in [-0.2, 0) is 39.2 Å². The number of anilines is 9. The molecule has 0 aliphatic rings. The van der Waals surface area contributed by atoms with Crippen molar-refractivity contribution >= 4 is 107 Å². The Morgan fingerprint density at radius 1 is 0.500 bits per heavy atom. The Morgan fingerprint density at radius 2 is 0.824 bits per heavy atom. The molecular weight excluding hydrogens is 1010 g/mol. The lowest BCUT2D eigenvalue weighted by Gasteiger charge is -2.14. The number of nitrogens with two attached hydrogens (primary N) is 1. The Labute approximate surface area is 426 Å². The van der Waals surface area contributed by atoms with Crippen LogP contribution in [0.1, 0.15) is 25.7 Å². The van der Waals surface area contributed by atoms with Crippen molar-refractivity contribution in [1.29, 1.82) is 0 Å². The number of hydrogen-bond donors (Lipinski definition) is 10. The normalized spacial score (nSPS) is 11.9. The number of fused-ring (bicyclic) bond motifs is 1. The van der Waals surface area contributed by atoms with Crippen LogP contribution in [0.25, 0.3) is 10.8 Å². The molecule has 0 saturated heterocycles. The van der Waals surface area contributed by atoms with Crippen molar-refractivity contribution in [2.45, 2.75) is 35.5 Å². The smallest absolute Gasteiger partial charge is 0.296 e. The number of nitrogens with one attached hydrogen (secondary N) is 6. The summed E-state index contributed by atoms with van der Waals surface area (Å²) in [4.78, 5) is 24.8. The van der Waals surface area contributed by atoms with Gasteiger partial charge in [-0.3, -0.25) is 9.11 Å². The summed E-state index contributed by atoms with van der Waals surface area (Å²) in [5.41, 5.74) is 5.94. The number of benzene rings is 4. The minimum atomic E-state index is -5.17. The van der Waals surface area contributed by atoms with Gasteiger partial charge in [-0.15, -0.1) is 10.2 Å². The zero-order valence-corrected chi connectivity index (χ0v) is 42.4. The summed E-state index contributed by atoms with van der Waals surface area (Å²) in [5.74, 6) is 0.788. The maximum absolute atomic E-state index is 12.7. The van der Waals surface area contributed by atoms with Crippen LogP contribution < -0.4 is 37.6 Å². The standard InChI is InChI=1S/C44H57N17O11S2/c1-69-21-5-17-46-39-52-40(47-18-6-22-70-2)55-43(54-39)50-28-9-13-30(14-10-28)58-60-36-32(73(63,64)65)25-27-26-33(74(66,67)68)37(38(62)34(27)35(36)45)61-59-31-15-11-29(12-16-31)51-44-56-41(48-19-7-23-71-3)53-42(57-44)49-20-8-24-72-4/h9-16,25-26,62H,5-8,17-24,45H2,1-4H3,(H,63,64,65)(H,66,67,68)(H3,46,47,50,52,54,55)(H3,48,49,51,53,56,57). The summed E-state index contributed by atoms with van der Waals surface area (Å²) in [6.07, 6.45) is 2.85. The number of azo groups is 2. The van der Waals surface area contributed by atoms with Gasteiger partial charge in [-0.1, -0.05) is 0 Å². The van der Waals surface area contributed by atoms with Crippen molar-refractivity contribution in [3.8, 4) is 5.75 Å². The number of rotatable bonds is 30. The van der Waals surface area contributed by atoms with Gasteiger partial charge < -0.3 is 61.7 Å². The minimum Gasteiger partial charge on any atom is -0.505 e. The van der Waals surface area contributed by atoms with Gasteiger partial charge >= 0.3 is 0 Å². The second-order valence-corrected chi connectivity index (χ2v) is 18.5. The maximum Gasteiger partial charge on any atom is 0.296 e. The first-order valence-electron chi connectivity index (χ1n) is 22.7. The summed E-state index contributed by atoms with van der Waals surface area (Å²) in [6.45, 7) is 4.36. The fourth-order valence-corrected chi connectivity index (χ4v) is 7.98. The van der Waals surface area contributed by atoms with E-state index in [4.69, 9.17) is 24.7 Å². The average molecular weight is 1060 g/mol. The Bertz CT molecular complexity index is 2860. The molecule has 396 valence electrons. The number of aromatic nitrogens is 6. The van der Waals surface area contributed by atoms with E-state index in [0.29, 0.717) is 113 Å². The first-order chi connectivity index (χ1) is 35.6. The molecule has 0 amide bonds. The van der Waals surface area contributed by atoms with E-state index in [1.54, 1.807) is 52.7 Å². The fourth-order valence-electron chi connectivity index (χ4n) is 6.65. The molecule has 0 bridgehead atoms. The Hall–Kier alpha value is -7.58. The number of phenolic OH excluding ortho intramolecular Hbond substituents is 1. The SMILES string of the molecule is COCCCNc1nc(NCCCOC)nc(Nc2ccc(N=Nc3c(S(=O)(=O)O)cc4cc(S(=O)(=O)O)c(N=Nc5ccc(Nc6nc(NCCCOC)nc(NCCCOC)n6)cc5)c(O)c4c3N)cc2)n1. The molecule has 6 aromatic rings. The van der Waals surface area contributed by atoms with E-state index in [-0.39, 0.29) is 34.0 Å². The maximum atomic E-state index is 12.7. The fraction of sp³-hybridized carbons (Fsp3) is 0.364. The summed E-state index contributed by atoms with van der Waals surface area (Å²) < 4.78 is 91.9. The van der Waals surface area contributed by atoms with E-state index in [1.807, 2.05) is 0 Å². The van der Waals surface area contributed by atoms with E-state index in [9.17, 15) is 31.0 Å². The van der Waals surface area contributed by atoms with Crippen LogP contribution in [0.4, 0.5) is 75.5 Å². The van der Waals surface area contributed by atoms with Crippen molar-refractivity contribution in [3.63, 3.8) is 0 Å². The van der Waals surface area contributed by atoms with Crippen molar-refractivity contribution in [2.24, 2.45) is 20.5 Å². The van der Waals surface area contributed by atoms with Crippen LogP contribution >= 0.6 is 0 Å². The molecule has 0 atom stereocenters. The molecule has 74 heavy (non-hydrogen) atoms. The van der Waals surface area contributed by atoms with Crippen LogP contribution in [-0.4, -0.2) is 142 Å². The predicted octanol–water partition coefficient (Wildman–Crippen LogP) is 7.10. The van der Waals surface area contributed by atoms with Gasteiger partial charge in [0.15, 0.2) is 5.75 Å². The zero-order chi connectivity index (χ0) is 53.1. The molecule has 0 fully saturated rings. The van der Waals surface area contributed by atoms with E-state index in [0.717, 1.165) is 12.1 Å². The lowest BCUT2D eigenvalue weighted by molar-refractivity contribution is 0.197. The number of aromatic hydroxyl groups is 1. The van der Waals surface area contributed by atoms with Crippen LogP contribution in [0.3, 0.4) is 0 Å². The van der Waals surface area contributed by atoms with Gasteiger partial charge in [-0.05, 0) is 91.7 Å². The molecule has 0 unspecified atom stereocenters. The van der Waals surface area contributed by atoms with Gasteiger partial charge in [0.05, 0.1) is 22.4 Å². The molecule has 28 nitrogen and oxygen atoms in total. The largest absolute Gasteiger partial charge is 0.505 e. The first-order valence-corrected chi connectivity index (χ1v) is 25.6. The number of nitrogen functional groups attached to an aromatic ring is 1. The van der Waals surface area contributed by atoms with Crippen molar-refractivity contribution in [3.05, 3.63) is 60.7 Å². The molecule has 4 aromatic carbocycles. The first kappa shape index (κ1) is 55.7. The molecule has 0 radical (unpaired) electrons. The van der Waals surface area contributed by atoms with E-state index >= 15 is 0 Å². The lowest BCUT2D eigenvalue weighted by atomic mass is 10.1. The number of hydrogen-bond acceptors (Lipinski definition) is 26. The number of ether oxygens (including phenoxy) is 4. The third kappa shape index (κ3) is 16.2. The lowest BCUT2D eigenvalue weighted by Crippen LogP contribution is -2.13. The van der Waals surface area contributed by atoms with E-state index in [1.165, 1.54) is 24.3 Å². The summed E-state index contributed by atoms with van der Waals surface area (Å²) in [5, 5.41) is 45.9. The summed E-state index contributed by atoms with van der Waals surface area (Å²) in [7, 11) is -3.85. The molecule has 2 aromatic heterocycles. The predicted molar refractivity (Wildman–Crippen MR) is 277 cm³/mol. The molecule has 0 spiro atoms. The second kappa shape index (κ2) is 26.9. The molecule has 0 aliphatic carbocycles. The van der Waals surface area contributed by atoms with E-state index < -0.39 is 52.8 Å². The van der Waals surface area contributed by atoms with E-state index in [2.05, 4.69) is 82.3 Å². The van der Waals surface area contributed by atoms with Gasteiger partial charge in [0.2, 0.25) is 35.7 Å². The average Bonchev–Trinajstić information content (AvgIpc) is 3.36. The quantitative estimate of drug-likeness (QED) is 0.00930. The molecule has 0 aliphatic heterocycles. The highest BCUT2D eigenvalue weighted by Crippen LogP contribution is 2.48. The molecule has 30 heteroatoms. The van der Waals surface area contributed by atoms with Gasteiger partial charge in [0, 0.05) is 92.4 Å².